The predicted octanol–water partition coefficient (Wildman–Crippen LogP) is 2.91. The molecule has 1 N–H and O–H groups in total. The molecule has 1 aromatic rings. The molecule has 0 aromatic heterocycles. The van der Waals surface area contributed by atoms with Crippen LogP contribution in [-0.2, 0) is 6.54 Å². The van der Waals surface area contributed by atoms with Crippen LogP contribution in [0.2, 0.25) is 0 Å². The van der Waals surface area contributed by atoms with Gasteiger partial charge in [-0.15, -0.1) is 12.4 Å². The highest BCUT2D eigenvalue weighted by Gasteiger charge is 2.23. The van der Waals surface area contributed by atoms with E-state index in [-0.39, 0.29) is 12.4 Å². The third-order valence-electron chi connectivity index (χ3n) is 3.61. The van der Waals surface area contributed by atoms with Crippen LogP contribution in [-0.4, -0.2) is 31.1 Å². The molecule has 1 fully saturated rings. The molecule has 1 aliphatic rings. The number of nitrogens with one attached hydrogen (secondary N) is 1. The fraction of sp³-hybridized carbons (Fsp3) is 0.600. The summed E-state index contributed by atoms with van der Waals surface area (Å²) < 4.78 is 0. The lowest BCUT2D eigenvalue weighted by atomic mass is 10.1. The number of hydrogen-bond donors (Lipinski definition) is 1. The first-order chi connectivity index (χ1) is 8.19. The van der Waals surface area contributed by atoms with Crippen molar-refractivity contribution >= 4 is 12.4 Å². The number of likely N-dealkylation sites (tertiary alicyclic amines) is 1. The van der Waals surface area contributed by atoms with Crippen molar-refractivity contribution in [3.8, 4) is 0 Å². The lowest BCUT2D eigenvalue weighted by Gasteiger charge is -2.24. The first kappa shape index (κ1) is 15.5. The van der Waals surface area contributed by atoms with Gasteiger partial charge in [0.15, 0.2) is 0 Å². The van der Waals surface area contributed by atoms with Gasteiger partial charge >= 0.3 is 0 Å². The van der Waals surface area contributed by atoms with Crippen LogP contribution in [0.25, 0.3) is 0 Å². The highest BCUT2D eigenvalue weighted by Crippen LogP contribution is 2.20. The largest absolute Gasteiger partial charge is 0.318 e. The number of nitrogens with zero attached hydrogens (tertiary/aromatic N) is 1. The zero-order chi connectivity index (χ0) is 12.3. The molecule has 3 heteroatoms. The molecule has 0 spiro atoms. The summed E-state index contributed by atoms with van der Waals surface area (Å²) in [6.45, 7) is 7.84. The van der Waals surface area contributed by atoms with Crippen molar-refractivity contribution in [2.24, 2.45) is 0 Å². The van der Waals surface area contributed by atoms with E-state index in [0.717, 1.165) is 19.1 Å². The van der Waals surface area contributed by atoms with Crippen LogP contribution in [0.4, 0.5) is 0 Å². The summed E-state index contributed by atoms with van der Waals surface area (Å²) in [6, 6.07) is 7.61. The zero-order valence-electron chi connectivity index (χ0n) is 11.7. The summed E-state index contributed by atoms with van der Waals surface area (Å²) in [4.78, 5) is 2.62. The van der Waals surface area contributed by atoms with Crippen LogP contribution in [0.5, 0.6) is 0 Å². The van der Waals surface area contributed by atoms with Crippen LogP contribution in [0.3, 0.4) is 0 Å². The Bertz CT molecular complexity index is 359. The van der Waals surface area contributed by atoms with Gasteiger partial charge in [-0.25, -0.2) is 0 Å². The molecule has 0 amide bonds. The van der Waals surface area contributed by atoms with E-state index in [9.17, 15) is 0 Å². The minimum atomic E-state index is 0. The molecule has 102 valence electrons. The lowest BCUT2D eigenvalue weighted by Crippen LogP contribution is -2.36. The molecule has 1 saturated heterocycles. The van der Waals surface area contributed by atoms with Crippen LogP contribution in [0.15, 0.2) is 18.2 Å². The number of halogens is 1. The van der Waals surface area contributed by atoms with Crippen molar-refractivity contribution in [1.29, 1.82) is 0 Å². The van der Waals surface area contributed by atoms with E-state index >= 15 is 0 Å². The van der Waals surface area contributed by atoms with Crippen molar-refractivity contribution in [3.05, 3.63) is 34.9 Å². The zero-order valence-corrected chi connectivity index (χ0v) is 12.5. The highest BCUT2D eigenvalue weighted by molar-refractivity contribution is 5.85. The van der Waals surface area contributed by atoms with Crippen molar-refractivity contribution in [1.82, 2.24) is 10.2 Å². The summed E-state index contributed by atoms with van der Waals surface area (Å²) in [5, 5.41) is 3.31. The number of likely N-dealkylation sites (N-methyl/N-ethyl adjacent to an activating group) is 1. The van der Waals surface area contributed by atoms with Crippen LogP contribution in [0, 0.1) is 13.8 Å². The van der Waals surface area contributed by atoms with E-state index in [1.165, 1.54) is 36.1 Å². The second-order valence-electron chi connectivity index (χ2n) is 5.32. The molecule has 0 bridgehead atoms. The minimum Gasteiger partial charge on any atom is -0.318 e. The van der Waals surface area contributed by atoms with Crippen LogP contribution < -0.4 is 5.32 Å². The normalized spacial score (nSPS) is 19.8. The first-order valence-corrected chi connectivity index (χ1v) is 6.65. The average Bonchev–Trinajstić information content (AvgIpc) is 2.65. The molecular formula is C15H25ClN2. The molecule has 2 nitrogen and oxygen atoms in total. The molecule has 1 unspecified atom stereocenters. The molecule has 0 saturated carbocycles. The van der Waals surface area contributed by atoms with Gasteiger partial charge in [0.1, 0.15) is 0 Å². The van der Waals surface area contributed by atoms with Crippen molar-refractivity contribution < 1.29 is 0 Å². The third kappa shape index (κ3) is 3.98. The van der Waals surface area contributed by atoms with Crippen LogP contribution >= 0.6 is 12.4 Å². The fourth-order valence-electron chi connectivity index (χ4n) is 2.96. The van der Waals surface area contributed by atoms with E-state index in [4.69, 9.17) is 0 Å². The van der Waals surface area contributed by atoms with Gasteiger partial charge in [-0.3, -0.25) is 4.90 Å². The van der Waals surface area contributed by atoms with E-state index in [0.29, 0.717) is 0 Å². The molecule has 0 radical (unpaired) electrons. The Morgan fingerprint density at radius 2 is 1.89 bits per heavy atom. The molecular weight excluding hydrogens is 244 g/mol. The Hall–Kier alpha value is -0.570. The predicted molar refractivity (Wildman–Crippen MR) is 80.5 cm³/mol. The van der Waals surface area contributed by atoms with Gasteiger partial charge in [0.25, 0.3) is 0 Å². The van der Waals surface area contributed by atoms with E-state index in [1.807, 2.05) is 7.05 Å². The van der Waals surface area contributed by atoms with Gasteiger partial charge in [0.2, 0.25) is 0 Å². The average molecular weight is 269 g/mol. The second kappa shape index (κ2) is 7.13. The Balaban J connectivity index is 0.00000162. The monoisotopic (exact) mass is 268 g/mol. The molecule has 2 rings (SSSR count). The smallest absolute Gasteiger partial charge is 0.0237 e. The SMILES string of the molecule is CNCC1CCCN1Cc1cc(C)cc(C)c1.Cl. The molecule has 1 aromatic carbocycles. The van der Waals surface area contributed by atoms with Gasteiger partial charge in [0.05, 0.1) is 0 Å². The van der Waals surface area contributed by atoms with Gasteiger partial charge in [-0.1, -0.05) is 29.3 Å². The van der Waals surface area contributed by atoms with E-state index < -0.39 is 0 Å². The van der Waals surface area contributed by atoms with Crippen molar-refractivity contribution in [2.75, 3.05) is 20.1 Å². The number of benzene rings is 1. The third-order valence-corrected chi connectivity index (χ3v) is 3.61. The summed E-state index contributed by atoms with van der Waals surface area (Å²) in [5.41, 5.74) is 4.22. The summed E-state index contributed by atoms with van der Waals surface area (Å²) in [5.74, 6) is 0. The quantitative estimate of drug-likeness (QED) is 0.903. The van der Waals surface area contributed by atoms with E-state index in [2.05, 4.69) is 42.3 Å². The maximum absolute atomic E-state index is 3.31. The molecule has 1 atom stereocenters. The van der Waals surface area contributed by atoms with Crippen LogP contribution in [0.1, 0.15) is 29.5 Å². The van der Waals surface area contributed by atoms with Gasteiger partial charge < -0.3 is 5.32 Å². The standard InChI is InChI=1S/C15H24N2.ClH/c1-12-7-13(2)9-14(8-12)11-17-6-4-5-15(17)10-16-3;/h7-9,15-16H,4-6,10-11H2,1-3H3;1H. The summed E-state index contributed by atoms with van der Waals surface area (Å²) in [6.07, 6.45) is 2.68. The number of hydrogen-bond acceptors (Lipinski definition) is 2. The minimum absolute atomic E-state index is 0. The maximum Gasteiger partial charge on any atom is 0.0237 e. The molecule has 18 heavy (non-hydrogen) atoms. The molecule has 1 heterocycles. The van der Waals surface area contributed by atoms with Crippen molar-refractivity contribution in [3.63, 3.8) is 0 Å². The lowest BCUT2D eigenvalue weighted by molar-refractivity contribution is 0.242. The first-order valence-electron chi connectivity index (χ1n) is 6.65. The van der Waals surface area contributed by atoms with Gasteiger partial charge in [-0.05, 0) is 45.8 Å². The van der Waals surface area contributed by atoms with E-state index in [1.54, 1.807) is 0 Å². The maximum atomic E-state index is 3.31. The Labute approximate surface area is 117 Å². The van der Waals surface area contributed by atoms with Gasteiger partial charge in [-0.2, -0.15) is 0 Å². The number of aryl methyl sites for hydroxylation is 2. The Morgan fingerprint density at radius 1 is 1.22 bits per heavy atom. The fourth-order valence-corrected chi connectivity index (χ4v) is 2.96. The van der Waals surface area contributed by atoms with Crippen molar-refractivity contribution in [2.45, 2.75) is 39.3 Å². The van der Waals surface area contributed by atoms with Gasteiger partial charge in [0, 0.05) is 19.1 Å². The number of rotatable bonds is 4. The second-order valence-corrected chi connectivity index (χ2v) is 5.32. The highest BCUT2D eigenvalue weighted by atomic mass is 35.5. The summed E-state index contributed by atoms with van der Waals surface area (Å²) >= 11 is 0. The topological polar surface area (TPSA) is 15.3 Å². The summed E-state index contributed by atoms with van der Waals surface area (Å²) in [7, 11) is 2.05. The molecule has 0 aliphatic carbocycles. The Morgan fingerprint density at radius 3 is 2.50 bits per heavy atom. The molecule has 1 aliphatic heterocycles. The Kier molecular flexibility index (Phi) is 6.13.